The second-order valence-corrected chi connectivity index (χ2v) is 4.84. The van der Waals surface area contributed by atoms with Crippen LogP contribution in [-0.2, 0) is 19.4 Å². The maximum Gasteiger partial charge on any atom is 0.120 e. The van der Waals surface area contributed by atoms with Crippen LogP contribution in [0, 0.1) is 6.07 Å². The lowest BCUT2D eigenvalue weighted by Crippen LogP contribution is -2.03. The van der Waals surface area contributed by atoms with Gasteiger partial charge in [-0.2, -0.15) is 0 Å². The summed E-state index contributed by atoms with van der Waals surface area (Å²) in [4.78, 5) is 0. The molecule has 1 heteroatoms. The van der Waals surface area contributed by atoms with Gasteiger partial charge in [0, 0.05) is 0 Å². The summed E-state index contributed by atoms with van der Waals surface area (Å²) in [5, 5.41) is 0. The van der Waals surface area contributed by atoms with Crippen molar-refractivity contribution in [1.82, 2.24) is 0 Å². The SMILES string of the molecule is [c]1cccc(COc2ccc3c(c2)CCCC3)c1. The van der Waals surface area contributed by atoms with E-state index in [1.165, 1.54) is 36.8 Å². The number of benzene rings is 2. The summed E-state index contributed by atoms with van der Waals surface area (Å²) in [6.45, 7) is 0.621. The molecule has 1 radical (unpaired) electrons. The van der Waals surface area contributed by atoms with Gasteiger partial charge in [0.1, 0.15) is 12.4 Å². The number of aryl methyl sites for hydroxylation is 2. The molecule has 2 aromatic rings. The Bertz CT molecular complexity index is 516. The van der Waals surface area contributed by atoms with Gasteiger partial charge >= 0.3 is 0 Å². The summed E-state index contributed by atoms with van der Waals surface area (Å²) in [6.07, 6.45) is 5.06. The molecule has 0 atom stereocenters. The lowest BCUT2D eigenvalue weighted by molar-refractivity contribution is 0.305. The maximum absolute atomic E-state index is 5.84. The highest BCUT2D eigenvalue weighted by molar-refractivity contribution is 5.37. The van der Waals surface area contributed by atoms with Gasteiger partial charge in [0.05, 0.1) is 0 Å². The largest absolute Gasteiger partial charge is 0.489 e. The highest BCUT2D eigenvalue weighted by atomic mass is 16.5. The first kappa shape index (κ1) is 11.3. The molecule has 2 aromatic carbocycles. The molecule has 0 saturated carbocycles. The van der Waals surface area contributed by atoms with E-state index in [0.29, 0.717) is 6.61 Å². The molecule has 0 unspecified atom stereocenters. The summed E-state index contributed by atoms with van der Waals surface area (Å²) in [5.74, 6) is 0.986. The van der Waals surface area contributed by atoms with Crippen molar-refractivity contribution in [1.29, 1.82) is 0 Å². The lowest BCUT2D eigenvalue weighted by atomic mass is 9.92. The zero-order chi connectivity index (χ0) is 12.2. The van der Waals surface area contributed by atoms with Crippen molar-refractivity contribution < 1.29 is 4.74 Å². The van der Waals surface area contributed by atoms with Crippen molar-refractivity contribution in [2.24, 2.45) is 0 Å². The van der Waals surface area contributed by atoms with E-state index in [1.807, 2.05) is 18.2 Å². The monoisotopic (exact) mass is 237 g/mol. The number of hydrogen-bond acceptors (Lipinski definition) is 1. The van der Waals surface area contributed by atoms with E-state index in [1.54, 1.807) is 0 Å². The molecule has 18 heavy (non-hydrogen) atoms. The van der Waals surface area contributed by atoms with E-state index in [4.69, 9.17) is 4.74 Å². The van der Waals surface area contributed by atoms with Crippen LogP contribution in [0.2, 0.25) is 0 Å². The molecule has 0 saturated heterocycles. The zero-order valence-corrected chi connectivity index (χ0v) is 10.5. The molecule has 0 amide bonds. The van der Waals surface area contributed by atoms with Crippen molar-refractivity contribution >= 4 is 0 Å². The van der Waals surface area contributed by atoms with Gasteiger partial charge in [0.15, 0.2) is 0 Å². The van der Waals surface area contributed by atoms with E-state index < -0.39 is 0 Å². The van der Waals surface area contributed by atoms with E-state index >= 15 is 0 Å². The Morgan fingerprint density at radius 1 is 1.06 bits per heavy atom. The number of hydrogen-bond donors (Lipinski definition) is 0. The molecule has 3 rings (SSSR count). The summed E-state index contributed by atoms with van der Waals surface area (Å²) in [5.41, 5.74) is 4.13. The van der Waals surface area contributed by atoms with E-state index in [-0.39, 0.29) is 0 Å². The highest BCUT2D eigenvalue weighted by Gasteiger charge is 2.09. The van der Waals surface area contributed by atoms with Crippen LogP contribution in [0.5, 0.6) is 5.75 Å². The molecule has 0 aliphatic heterocycles. The molecule has 0 fully saturated rings. The van der Waals surface area contributed by atoms with E-state index in [2.05, 4.69) is 30.3 Å². The van der Waals surface area contributed by atoms with Crippen LogP contribution in [0.1, 0.15) is 29.5 Å². The van der Waals surface area contributed by atoms with Gasteiger partial charge in [0.2, 0.25) is 0 Å². The third kappa shape index (κ3) is 2.56. The van der Waals surface area contributed by atoms with Gasteiger partial charge in [-0.05, 0) is 66.6 Å². The molecule has 1 aliphatic rings. The van der Waals surface area contributed by atoms with Gasteiger partial charge in [0.25, 0.3) is 0 Å². The molecule has 0 N–H and O–H groups in total. The Morgan fingerprint density at radius 3 is 2.78 bits per heavy atom. The van der Waals surface area contributed by atoms with Crippen LogP contribution in [-0.4, -0.2) is 0 Å². The maximum atomic E-state index is 5.84. The summed E-state index contributed by atoms with van der Waals surface area (Å²) >= 11 is 0. The number of ether oxygens (including phenoxy) is 1. The first-order valence-electron chi connectivity index (χ1n) is 6.61. The minimum atomic E-state index is 0.621. The first-order chi connectivity index (χ1) is 8.92. The zero-order valence-electron chi connectivity index (χ0n) is 10.5. The predicted octanol–water partition coefficient (Wildman–Crippen LogP) is 3.94. The fourth-order valence-electron chi connectivity index (χ4n) is 2.49. The Balaban J connectivity index is 1.70. The van der Waals surface area contributed by atoms with Crippen LogP contribution < -0.4 is 4.74 Å². The predicted molar refractivity (Wildman–Crippen MR) is 72.7 cm³/mol. The second kappa shape index (κ2) is 5.26. The average Bonchev–Trinajstić information content (AvgIpc) is 2.46. The minimum Gasteiger partial charge on any atom is -0.489 e. The van der Waals surface area contributed by atoms with Gasteiger partial charge < -0.3 is 4.74 Å². The van der Waals surface area contributed by atoms with Crippen molar-refractivity contribution in [2.75, 3.05) is 0 Å². The highest BCUT2D eigenvalue weighted by Crippen LogP contribution is 2.25. The number of rotatable bonds is 3. The lowest BCUT2D eigenvalue weighted by Gasteiger charge is -2.16. The summed E-state index contributed by atoms with van der Waals surface area (Å²) in [7, 11) is 0. The Labute approximate surface area is 108 Å². The Morgan fingerprint density at radius 2 is 1.94 bits per heavy atom. The molecule has 1 nitrogen and oxygen atoms in total. The molecule has 1 aliphatic carbocycles. The molecular formula is C17H17O. The van der Waals surface area contributed by atoms with Crippen LogP contribution in [0.15, 0.2) is 42.5 Å². The molecule has 0 bridgehead atoms. The van der Waals surface area contributed by atoms with Crippen molar-refractivity contribution in [3.63, 3.8) is 0 Å². The normalized spacial score (nSPS) is 14.0. The van der Waals surface area contributed by atoms with Crippen molar-refractivity contribution in [3.8, 4) is 5.75 Å². The average molecular weight is 237 g/mol. The Hall–Kier alpha value is -1.76. The van der Waals surface area contributed by atoms with Crippen LogP contribution in [0.4, 0.5) is 0 Å². The Kier molecular flexibility index (Phi) is 3.31. The molecule has 0 heterocycles. The van der Waals surface area contributed by atoms with Gasteiger partial charge in [-0.3, -0.25) is 0 Å². The molecular weight excluding hydrogens is 220 g/mol. The topological polar surface area (TPSA) is 9.23 Å². The molecule has 0 spiro atoms. The van der Waals surface area contributed by atoms with Crippen molar-refractivity contribution in [2.45, 2.75) is 32.3 Å². The quantitative estimate of drug-likeness (QED) is 0.785. The van der Waals surface area contributed by atoms with E-state index in [0.717, 1.165) is 11.3 Å². The second-order valence-electron chi connectivity index (χ2n) is 4.84. The van der Waals surface area contributed by atoms with Crippen molar-refractivity contribution in [3.05, 3.63) is 65.2 Å². The van der Waals surface area contributed by atoms with Gasteiger partial charge in [-0.15, -0.1) is 0 Å². The van der Waals surface area contributed by atoms with Gasteiger partial charge in [-0.25, -0.2) is 0 Å². The third-order valence-electron chi connectivity index (χ3n) is 3.50. The third-order valence-corrected chi connectivity index (χ3v) is 3.50. The molecule has 0 aromatic heterocycles. The smallest absolute Gasteiger partial charge is 0.120 e. The standard InChI is InChI=1S/C17H17O/c1-2-6-14(7-3-1)13-18-17-11-10-15-8-4-5-9-16(15)12-17/h1-2,6-7,10-12H,4-5,8-9,13H2. The summed E-state index contributed by atoms with van der Waals surface area (Å²) in [6, 6.07) is 17.5. The first-order valence-corrected chi connectivity index (χ1v) is 6.61. The number of fused-ring (bicyclic) bond motifs is 1. The van der Waals surface area contributed by atoms with Crippen LogP contribution >= 0.6 is 0 Å². The fourth-order valence-corrected chi connectivity index (χ4v) is 2.49. The van der Waals surface area contributed by atoms with E-state index in [9.17, 15) is 0 Å². The summed E-state index contributed by atoms with van der Waals surface area (Å²) < 4.78 is 5.84. The fraction of sp³-hybridized carbons (Fsp3) is 0.294. The minimum absolute atomic E-state index is 0.621. The molecule has 91 valence electrons. The van der Waals surface area contributed by atoms with Crippen LogP contribution in [0.25, 0.3) is 0 Å². The van der Waals surface area contributed by atoms with Crippen LogP contribution in [0.3, 0.4) is 0 Å². The van der Waals surface area contributed by atoms with Gasteiger partial charge in [-0.1, -0.05) is 24.3 Å².